The predicted molar refractivity (Wildman–Crippen MR) is 63.2 cm³/mol. The van der Waals surface area contributed by atoms with Crippen molar-refractivity contribution in [2.75, 3.05) is 11.5 Å². The molecule has 0 amide bonds. The second-order valence-electron chi connectivity index (χ2n) is 4.54. The van der Waals surface area contributed by atoms with Crippen LogP contribution in [0.25, 0.3) is 0 Å². The van der Waals surface area contributed by atoms with Gasteiger partial charge in [-0.2, -0.15) is 4.39 Å². The van der Waals surface area contributed by atoms with Crippen LogP contribution in [0.2, 0.25) is 5.15 Å². The molecule has 6 nitrogen and oxygen atoms in total. The maximum atomic E-state index is 13.4. The van der Waals surface area contributed by atoms with Crippen LogP contribution < -0.4 is 11.2 Å². The summed E-state index contributed by atoms with van der Waals surface area (Å²) in [5, 5.41) is -0.675. The molecule has 0 bridgehead atoms. The van der Waals surface area contributed by atoms with Gasteiger partial charge in [-0.1, -0.05) is 11.6 Å². The van der Waals surface area contributed by atoms with Gasteiger partial charge >= 0.3 is 5.69 Å². The molecule has 1 saturated heterocycles. The van der Waals surface area contributed by atoms with Gasteiger partial charge in [-0.15, -0.1) is 0 Å². The Morgan fingerprint density at radius 3 is 2.56 bits per heavy atom. The van der Waals surface area contributed by atoms with E-state index in [9.17, 15) is 22.4 Å². The smallest absolute Gasteiger partial charge is 0.295 e. The van der Waals surface area contributed by atoms with Crippen molar-refractivity contribution in [3.05, 3.63) is 31.8 Å². The van der Waals surface area contributed by atoms with E-state index in [0.717, 1.165) is 0 Å². The Hall–Kier alpha value is -1.15. The van der Waals surface area contributed by atoms with E-state index < -0.39 is 37.6 Å². The molecule has 2 rings (SSSR count). The summed E-state index contributed by atoms with van der Waals surface area (Å²) < 4.78 is 36.9. The molecule has 1 aromatic rings. The van der Waals surface area contributed by atoms with E-state index in [4.69, 9.17) is 11.6 Å². The monoisotopic (exact) mass is 296 g/mol. The fraction of sp³-hybridized carbons (Fsp3) is 0.556. The number of aromatic amines is 1. The summed E-state index contributed by atoms with van der Waals surface area (Å²) in [4.78, 5) is 25.4. The molecule has 2 heterocycles. The first kappa shape index (κ1) is 13.3. The molecule has 100 valence electrons. The Bertz CT molecular complexity index is 723. The van der Waals surface area contributed by atoms with Crippen LogP contribution in [-0.2, 0) is 15.4 Å². The molecule has 1 atom stereocenters. The summed E-state index contributed by atoms with van der Waals surface area (Å²) in [6.45, 7) is 1.43. The van der Waals surface area contributed by atoms with Crippen molar-refractivity contribution in [2.24, 2.45) is 0 Å². The highest BCUT2D eigenvalue weighted by Crippen LogP contribution is 2.28. The van der Waals surface area contributed by atoms with Crippen molar-refractivity contribution in [3.8, 4) is 0 Å². The largest absolute Gasteiger partial charge is 0.330 e. The summed E-state index contributed by atoms with van der Waals surface area (Å²) in [7, 11) is -3.33. The van der Waals surface area contributed by atoms with Gasteiger partial charge in [0.25, 0.3) is 5.56 Å². The lowest BCUT2D eigenvalue weighted by molar-refractivity contribution is 0.329. The minimum Gasteiger partial charge on any atom is -0.295 e. The van der Waals surface area contributed by atoms with Gasteiger partial charge in [0.2, 0.25) is 5.82 Å². The average Bonchev–Trinajstić information content (AvgIpc) is 2.50. The Kier molecular flexibility index (Phi) is 2.90. The molecule has 1 aromatic heterocycles. The fourth-order valence-electron chi connectivity index (χ4n) is 2.15. The number of nitrogens with one attached hydrogen (secondary N) is 1. The lowest BCUT2D eigenvalue weighted by Gasteiger charge is -2.23. The molecule has 9 heteroatoms. The van der Waals surface area contributed by atoms with E-state index in [0.29, 0.717) is 4.57 Å². The summed E-state index contributed by atoms with van der Waals surface area (Å²) >= 11 is 5.34. The van der Waals surface area contributed by atoms with E-state index in [1.165, 1.54) is 6.92 Å². The first-order valence-electron chi connectivity index (χ1n) is 5.07. The lowest BCUT2D eigenvalue weighted by atomic mass is 10.0. The number of hydrogen-bond acceptors (Lipinski definition) is 4. The number of nitrogens with zero attached hydrogens (tertiary/aromatic N) is 1. The van der Waals surface area contributed by atoms with Crippen LogP contribution >= 0.6 is 11.6 Å². The Morgan fingerprint density at radius 1 is 1.44 bits per heavy atom. The number of hydrogen-bond donors (Lipinski definition) is 1. The van der Waals surface area contributed by atoms with Gasteiger partial charge < -0.3 is 0 Å². The van der Waals surface area contributed by atoms with E-state index >= 15 is 0 Å². The molecule has 0 aliphatic carbocycles. The molecule has 0 spiro atoms. The standard InChI is InChI=1S/C9H10ClFN2O4S/c1-9(2-3-18(16,17)4-9)13-7(14)5(11)6(10)12-8(13)15/h2-4H2,1H3,(H,12,15). The molecule has 0 radical (unpaired) electrons. The van der Waals surface area contributed by atoms with E-state index in [2.05, 4.69) is 0 Å². The second-order valence-corrected chi connectivity index (χ2v) is 7.10. The zero-order valence-electron chi connectivity index (χ0n) is 9.37. The molecule has 1 N–H and O–H groups in total. The Balaban J connectivity index is 2.71. The van der Waals surface area contributed by atoms with Gasteiger partial charge in [-0.25, -0.2) is 13.2 Å². The van der Waals surface area contributed by atoms with E-state index in [1.54, 1.807) is 0 Å². The number of sulfone groups is 1. The van der Waals surface area contributed by atoms with Crippen LogP contribution in [0.15, 0.2) is 9.59 Å². The maximum Gasteiger partial charge on any atom is 0.330 e. The van der Waals surface area contributed by atoms with Gasteiger partial charge in [0.1, 0.15) is 0 Å². The number of aromatic nitrogens is 2. The molecule has 1 aliphatic rings. The molecule has 1 unspecified atom stereocenters. The van der Waals surface area contributed by atoms with E-state index in [-0.39, 0.29) is 17.9 Å². The van der Waals surface area contributed by atoms with Crippen LogP contribution in [0.5, 0.6) is 0 Å². The molecule has 18 heavy (non-hydrogen) atoms. The topological polar surface area (TPSA) is 89.0 Å². The summed E-state index contributed by atoms with van der Waals surface area (Å²) in [6, 6.07) is 0. The van der Waals surface area contributed by atoms with Crippen LogP contribution in [0.4, 0.5) is 4.39 Å². The lowest BCUT2D eigenvalue weighted by Crippen LogP contribution is -2.49. The highest BCUT2D eigenvalue weighted by Gasteiger charge is 2.42. The summed E-state index contributed by atoms with van der Waals surface area (Å²) in [6.07, 6.45) is 0.0827. The van der Waals surface area contributed by atoms with Gasteiger partial charge in [-0.3, -0.25) is 14.3 Å². The van der Waals surface area contributed by atoms with Gasteiger partial charge in [0.05, 0.1) is 17.0 Å². The molecule has 1 fully saturated rings. The third-order valence-electron chi connectivity index (χ3n) is 3.03. The van der Waals surface area contributed by atoms with Crippen molar-refractivity contribution in [3.63, 3.8) is 0 Å². The average molecular weight is 297 g/mol. The molecule has 0 saturated carbocycles. The van der Waals surface area contributed by atoms with Crippen molar-refractivity contribution in [1.29, 1.82) is 0 Å². The first-order valence-corrected chi connectivity index (χ1v) is 7.27. The normalized spacial score (nSPS) is 26.4. The third-order valence-corrected chi connectivity index (χ3v) is 5.17. The van der Waals surface area contributed by atoms with Crippen LogP contribution in [-0.4, -0.2) is 29.5 Å². The van der Waals surface area contributed by atoms with Crippen molar-refractivity contribution < 1.29 is 12.8 Å². The molecular weight excluding hydrogens is 287 g/mol. The quantitative estimate of drug-likeness (QED) is 0.731. The second kappa shape index (κ2) is 3.92. The van der Waals surface area contributed by atoms with Crippen molar-refractivity contribution in [1.82, 2.24) is 9.55 Å². The summed E-state index contributed by atoms with van der Waals surface area (Å²) in [5.74, 6) is -1.80. The Morgan fingerprint density at radius 2 is 2.06 bits per heavy atom. The highest BCUT2D eigenvalue weighted by molar-refractivity contribution is 7.91. The van der Waals surface area contributed by atoms with Crippen LogP contribution in [0.3, 0.4) is 0 Å². The highest BCUT2D eigenvalue weighted by atomic mass is 35.5. The fourth-order valence-corrected chi connectivity index (χ4v) is 4.43. The Labute approximate surface area is 106 Å². The first-order chi connectivity index (χ1) is 8.16. The SMILES string of the molecule is CC1(n2c(=O)[nH]c(Cl)c(F)c2=O)CCS(=O)(=O)C1. The number of rotatable bonds is 1. The minimum absolute atomic E-state index is 0.0827. The summed E-state index contributed by atoms with van der Waals surface area (Å²) in [5.41, 5.74) is -3.36. The molecule has 1 aliphatic heterocycles. The third kappa shape index (κ3) is 1.99. The number of halogens is 2. The van der Waals surface area contributed by atoms with E-state index in [1.807, 2.05) is 4.98 Å². The molecule has 0 aromatic carbocycles. The van der Waals surface area contributed by atoms with Crippen LogP contribution in [0.1, 0.15) is 13.3 Å². The van der Waals surface area contributed by atoms with Crippen molar-refractivity contribution in [2.45, 2.75) is 18.9 Å². The maximum absolute atomic E-state index is 13.4. The zero-order valence-corrected chi connectivity index (χ0v) is 10.9. The predicted octanol–water partition coefficient (Wildman–Crippen LogP) is -0.137. The van der Waals surface area contributed by atoms with Crippen LogP contribution in [0, 0.1) is 5.82 Å². The zero-order chi connectivity index (χ0) is 13.7. The minimum atomic E-state index is -3.33. The van der Waals surface area contributed by atoms with Crippen molar-refractivity contribution >= 4 is 21.4 Å². The molecular formula is C9H10ClFN2O4S. The number of H-pyrrole nitrogens is 1. The van der Waals surface area contributed by atoms with Gasteiger partial charge in [0.15, 0.2) is 15.0 Å². The van der Waals surface area contributed by atoms with Gasteiger partial charge in [-0.05, 0) is 13.3 Å². The van der Waals surface area contributed by atoms with Gasteiger partial charge in [0, 0.05) is 0 Å².